The van der Waals surface area contributed by atoms with E-state index in [1.54, 1.807) is 16.7 Å². The maximum Gasteiger partial charge on any atom is 3.00 e. The Morgan fingerprint density at radius 2 is 1.57 bits per heavy atom. The van der Waals surface area contributed by atoms with Crippen LogP contribution in [0, 0.1) is 14.9 Å². The average molecular weight is 326 g/mol. The third-order valence-electron chi connectivity index (χ3n) is 4.19. The number of hydrogen-bond donors (Lipinski definition) is 0. The third-order valence-corrected chi connectivity index (χ3v) is 4.19. The predicted molar refractivity (Wildman–Crippen MR) is 94.5 cm³/mol. The van der Waals surface area contributed by atoms with Gasteiger partial charge >= 0.3 is 21.7 Å². The van der Waals surface area contributed by atoms with Gasteiger partial charge in [0.2, 0.25) is 0 Å². The fourth-order valence-corrected chi connectivity index (χ4v) is 2.36. The fraction of sp³-hybridized carbons (Fsp3) is 0.632. The zero-order valence-corrected chi connectivity index (χ0v) is 17.1. The van der Waals surface area contributed by atoms with E-state index in [-0.39, 0.29) is 36.6 Å². The van der Waals surface area contributed by atoms with Crippen LogP contribution in [0.4, 0.5) is 0 Å². The Morgan fingerprint density at radius 1 is 1.05 bits per heavy atom. The minimum atomic E-state index is 0. The van der Waals surface area contributed by atoms with Crippen molar-refractivity contribution in [2.45, 2.75) is 58.8 Å². The van der Waals surface area contributed by atoms with Crippen LogP contribution in [0.2, 0.25) is 0 Å². The van der Waals surface area contributed by atoms with E-state index in [4.69, 9.17) is 0 Å². The van der Waals surface area contributed by atoms with Crippen molar-refractivity contribution >= 4 is 0 Å². The largest absolute Gasteiger partial charge is 3.00 e. The molecule has 0 saturated carbocycles. The zero-order valence-electron chi connectivity index (χ0n) is 15.6. The molecule has 2 unspecified atom stereocenters. The maximum absolute atomic E-state index is 2.47. The standard InChI is InChI=1S/C17H30N.2CH3.Ti/c1-7-13(3)16-11-15(9-10-18(5)6)17(12-16)14(4)8-2;;;/h11-14H,7-10H2,1-6H3;2*1H3;/q3*-1;+3. The molecule has 2 atom stereocenters. The van der Waals surface area contributed by atoms with Crippen molar-refractivity contribution in [3.05, 3.63) is 43.7 Å². The second-order valence-corrected chi connectivity index (χ2v) is 5.94. The van der Waals surface area contributed by atoms with E-state index in [9.17, 15) is 0 Å². The van der Waals surface area contributed by atoms with Crippen molar-refractivity contribution in [3.63, 3.8) is 0 Å². The number of hydrogen-bond acceptors (Lipinski definition) is 1. The van der Waals surface area contributed by atoms with Crippen LogP contribution in [0.5, 0.6) is 0 Å². The summed E-state index contributed by atoms with van der Waals surface area (Å²) < 4.78 is 0. The van der Waals surface area contributed by atoms with E-state index >= 15 is 0 Å². The minimum absolute atomic E-state index is 0. The minimum Gasteiger partial charge on any atom is -0.358 e. The van der Waals surface area contributed by atoms with E-state index in [0.717, 1.165) is 6.54 Å². The molecule has 1 aromatic rings. The van der Waals surface area contributed by atoms with Crippen molar-refractivity contribution in [2.24, 2.45) is 0 Å². The first-order valence-electron chi connectivity index (χ1n) is 7.43. The van der Waals surface area contributed by atoms with Crippen molar-refractivity contribution in [3.8, 4) is 0 Å². The zero-order chi connectivity index (χ0) is 13.7. The molecule has 0 N–H and O–H groups in total. The van der Waals surface area contributed by atoms with E-state index in [1.165, 1.54) is 19.3 Å². The molecule has 0 aromatic heterocycles. The Kier molecular flexibility index (Phi) is 15.5. The van der Waals surface area contributed by atoms with Gasteiger partial charge in [0.05, 0.1) is 0 Å². The maximum atomic E-state index is 2.47. The van der Waals surface area contributed by atoms with Crippen LogP contribution >= 0.6 is 0 Å². The molecule has 121 valence electrons. The van der Waals surface area contributed by atoms with E-state index in [0.29, 0.717) is 11.8 Å². The van der Waals surface area contributed by atoms with Gasteiger partial charge in [0.1, 0.15) is 0 Å². The molecule has 1 nitrogen and oxygen atoms in total. The first-order valence-corrected chi connectivity index (χ1v) is 7.43. The second kappa shape index (κ2) is 12.6. The molecule has 0 bridgehead atoms. The molecule has 0 spiro atoms. The van der Waals surface area contributed by atoms with Crippen LogP contribution < -0.4 is 0 Å². The Labute approximate surface area is 149 Å². The van der Waals surface area contributed by atoms with Gasteiger partial charge < -0.3 is 19.8 Å². The molecular formula is C19H36NTi. The monoisotopic (exact) mass is 326 g/mol. The van der Waals surface area contributed by atoms with Crippen molar-refractivity contribution in [1.29, 1.82) is 0 Å². The Morgan fingerprint density at radius 3 is 2.00 bits per heavy atom. The number of likely N-dealkylation sites (N-methyl/N-ethyl adjacent to an activating group) is 1. The Balaban J connectivity index is -0.00000108. The summed E-state index contributed by atoms with van der Waals surface area (Å²) in [5, 5.41) is 0. The summed E-state index contributed by atoms with van der Waals surface area (Å²) in [6, 6.07) is 4.92. The average Bonchev–Trinajstić information content (AvgIpc) is 2.78. The van der Waals surface area contributed by atoms with Gasteiger partial charge in [0.15, 0.2) is 0 Å². The Hall–Kier alpha value is 0.0243. The van der Waals surface area contributed by atoms with Gasteiger partial charge in [-0.3, -0.25) is 0 Å². The molecule has 1 aromatic carbocycles. The summed E-state index contributed by atoms with van der Waals surface area (Å²) in [6.45, 7) is 10.4. The Bertz CT molecular complexity index is 354. The summed E-state index contributed by atoms with van der Waals surface area (Å²) in [5.41, 5.74) is 4.71. The van der Waals surface area contributed by atoms with Gasteiger partial charge in [-0.1, -0.05) is 52.9 Å². The van der Waals surface area contributed by atoms with Crippen LogP contribution in [0.25, 0.3) is 0 Å². The molecule has 0 amide bonds. The molecule has 0 aliphatic heterocycles. The second-order valence-electron chi connectivity index (χ2n) is 5.94. The fourth-order valence-electron chi connectivity index (χ4n) is 2.36. The van der Waals surface area contributed by atoms with Crippen LogP contribution in [0.1, 0.15) is 69.1 Å². The summed E-state index contributed by atoms with van der Waals surface area (Å²) in [5.74, 6) is 1.39. The molecular weight excluding hydrogens is 290 g/mol. The predicted octanol–water partition coefficient (Wildman–Crippen LogP) is 5.43. The molecule has 1 rings (SSSR count). The molecule has 2 heteroatoms. The van der Waals surface area contributed by atoms with E-state index < -0.39 is 0 Å². The molecule has 0 heterocycles. The summed E-state index contributed by atoms with van der Waals surface area (Å²) in [4.78, 5) is 2.27. The molecule has 0 aliphatic rings. The van der Waals surface area contributed by atoms with Gasteiger partial charge in [-0.2, -0.15) is 22.8 Å². The molecule has 0 aliphatic carbocycles. The summed E-state index contributed by atoms with van der Waals surface area (Å²) >= 11 is 0. The molecule has 0 fully saturated rings. The number of nitrogens with zero attached hydrogens (tertiary/aromatic N) is 1. The van der Waals surface area contributed by atoms with Gasteiger partial charge in [-0.25, -0.2) is 6.07 Å². The van der Waals surface area contributed by atoms with Crippen molar-refractivity contribution in [1.82, 2.24) is 4.90 Å². The topological polar surface area (TPSA) is 3.24 Å². The third kappa shape index (κ3) is 7.72. The molecule has 0 saturated heterocycles. The van der Waals surface area contributed by atoms with Crippen LogP contribution in [-0.2, 0) is 28.1 Å². The number of rotatable bonds is 7. The van der Waals surface area contributed by atoms with Gasteiger partial charge in [0, 0.05) is 0 Å². The summed E-state index contributed by atoms with van der Waals surface area (Å²) in [6.07, 6.45) is 3.65. The first kappa shape index (κ1) is 25.9. The van der Waals surface area contributed by atoms with Crippen LogP contribution in [-0.4, -0.2) is 25.5 Å². The van der Waals surface area contributed by atoms with Crippen LogP contribution in [0.15, 0.2) is 12.1 Å². The first-order chi connectivity index (χ1) is 8.49. The molecule has 1 radical (unpaired) electrons. The molecule has 21 heavy (non-hydrogen) atoms. The smallest absolute Gasteiger partial charge is 0.358 e. The van der Waals surface area contributed by atoms with Gasteiger partial charge in [-0.15, -0.1) is 0 Å². The SMILES string of the molecule is CCC(C)c1cc(C(C)CC)[c-](CCN(C)C)c1.[CH3-].[CH3-].[Ti+3]. The van der Waals surface area contributed by atoms with Crippen LogP contribution in [0.3, 0.4) is 0 Å². The van der Waals surface area contributed by atoms with Crippen molar-refractivity contribution < 1.29 is 21.7 Å². The van der Waals surface area contributed by atoms with Gasteiger partial charge in [-0.05, 0) is 26.6 Å². The summed E-state index contributed by atoms with van der Waals surface area (Å²) in [7, 11) is 4.31. The quantitative estimate of drug-likeness (QED) is 0.477. The van der Waals surface area contributed by atoms with E-state index in [2.05, 4.69) is 58.8 Å². The van der Waals surface area contributed by atoms with Crippen molar-refractivity contribution in [2.75, 3.05) is 20.6 Å². The van der Waals surface area contributed by atoms with E-state index in [1.807, 2.05) is 0 Å². The normalized spacial score (nSPS) is 12.9. The van der Waals surface area contributed by atoms with Gasteiger partial charge in [0.25, 0.3) is 0 Å².